The van der Waals surface area contributed by atoms with Gasteiger partial charge in [0.2, 0.25) is 5.95 Å². The fourth-order valence-electron chi connectivity index (χ4n) is 3.76. The Morgan fingerprint density at radius 2 is 1.56 bits per heavy atom. The SMILES string of the molecule is CCCn1cnc2c(NC(c3ccccc3)c3ccccc3)nc(N[C@H](CC)CO)nc21. The summed E-state index contributed by atoms with van der Waals surface area (Å²) in [6.07, 6.45) is 3.57. The number of aromatic nitrogens is 4. The van der Waals surface area contributed by atoms with Crippen LogP contribution in [0.2, 0.25) is 0 Å². The van der Waals surface area contributed by atoms with Gasteiger partial charge in [0.05, 0.1) is 25.0 Å². The van der Waals surface area contributed by atoms with Crippen LogP contribution in [0, 0.1) is 0 Å². The van der Waals surface area contributed by atoms with E-state index in [-0.39, 0.29) is 18.7 Å². The molecule has 7 heteroatoms. The van der Waals surface area contributed by atoms with E-state index >= 15 is 0 Å². The van der Waals surface area contributed by atoms with Crippen molar-refractivity contribution in [2.75, 3.05) is 17.2 Å². The summed E-state index contributed by atoms with van der Waals surface area (Å²) < 4.78 is 2.05. The molecule has 2 aromatic heterocycles. The molecule has 32 heavy (non-hydrogen) atoms. The second-order valence-electron chi connectivity index (χ2n) is 7.84. The van der Waals surface area contributed by atoms with Gasteiger partial charge in [0.15, 0.2) is 17.0 Å². The van der Waals surface area contributed by atoms with Gasteiger partial charge in [0, 0.05) is 6.54 Å². The van der Waals surface area contributed by atoms with Crippen LogP contribution in [0.3, 0.4) is 0 Å². The lowest BCUT2D eigenvalue weighted by molar-refractivity contribution is 0.271. The van der Waals surface area contributed by atoms with Crippen molar-refractivity contribution in [2.45, 2.75) is 45.3 Å². The van der Waals surface area contributed by atoms with Crippen LogP contribution in [0.25, 0.3) is 11.2 Å². The molecule has 0 spiro atoms. The van der Waals surface area contributed by atoms with Gasteiger partial charge >= 0.3 is 0 Å². The minimum absolute atomic E-state index is 0.0194. The van der Waals surface area contributed by atoms with Crippen molar-refractivity contribution in [1.82, 2.24) is 19.5 Å². The molecule has 2 heterocycles. The summed E-state index contributed by atoms with van der Waals surface area (Å²) in [6, 6.07) is 20.4. The summed E-state index contributed by atoms with van der Waals surface area (Å²) in [5, 5.41) is 16.6. The zero-order chi connectivity index (χ0) is 22.3. The van der Waals surface area contributed by atoms with Crippen molar-refractivity contribution in [3.63, 3.8) is 0 Å². The van der Waals surface area contributed by atoms with Gasteiger partial charge in [-0.2, -0.15) is 9.97 Å². The normalized spacial score (nSPS) is 12.2. The highest BCUT2D eigenvalue weighted by Crippen LogP contribution is 2.30. The minimum Gasteiger partial charge on any atom is -0.394 e. The zero-order valence-electron chi connectivity index (χ0n) is 18.6. The van der Waals surface area contributed by atoms with Gasteiger partial charge < -0.3 is 20.3 Å². The number of imidazole rings is 1. The molecule has 4 aromatic rings. The van der Waals surface area contributed by atoms with E-state index in [2.05, 4.69) is 46.8 Å². The van der Waals surface area contributed by atoms with E-state index < -0.39 is 0 Å². The molecule has 4 rings (SSSR count). The Balaban J connectivity index is 1.80. The molecule has 7 nitrogen and oxygen atoms in total. The summed E-state index contributed by atoms with van der Waals surface area (Å²) >= 11 is 0. The monoisotopic (exact) mass is 430 g/mol. The van der Waals surface area contributed by atoms with Gasteiger partial charge in [-0.1, -0.05) is 74.5 Å². The Morgan fingerprint density at radius 3 is 2.12 bits per heavy atom. The summed E-state index contributed by atoms with van der Waals surface area (Å²) in [4.78, 5) is 14.1. The van der Waals surface area contributed by atoms with E-state index in [0.29, 0.717) is 11.8 Å². The Morgan fingerprint density at radius 1 is 0.906 bits per heavy atom. The Labute approximate surface area is 188 Å². The molecule has 0 fully saturated rings. The Kier molecular flexibility index (Phi) is 6.97. The summed E-state index contributed by atoms with van der Waals surface area (Å²) in [6.45, 7) is 4.99. The Bertz CT molecular complexity index is 1090. The standard InChI is InChI=1S/C25H30N6O/c1-3-15-31-17-26-22-23(29-25(30-24(22)31)27-20(4-2)16-32)28-21(18-11-7-5-8-12-18)19-13-9-6-10-14-19/h5-14,17,20-21,32H,3-4,15-16H2,1-2H3,(H2,27,28,29,30)/t20-/m1/s1. The molecule has 0 aliphatic heterocycles. The van der Waals surface area contributed by atoms with Crippen LogP contribution in [0.4, 0.5) is 11.8 Å². The van der Waals surface area contributed by atoms with E-state index in [4.69, 9.17) is 9.97 Å². The van der Waals surface area contributed by atoms with Crippen LogP contribution < -0.4 is 10.6 Å². The average Bonchev–Trinajstić information content (AvgIpc) is 3.25. The van der Waals surface area contributed by atoms with Gasteiger partial charge in [0.1, 0.15) is 0 Å². The first kappa shape index (κ1) is 21.8. The fraction of sp³-hybridized carbons (Fsp3) is 0.320. The summed E-state index contributed by atoms with van der Waals surface area (Å²) in [7, 11) is 0. The van der Waals surface area contributed by atoms with E-state index in [1.54, 1.807) is 0 Å². The first-order valence-electron chi connectivity index (χ1n) is 11.2. The van der Waals surface area contributed by atoms with Crippen molar-refractivity contribution < 1.29 is 5.11 Å². The number of hydrogen-bond acceptors (Lipinski definition) is 6. The molecule has 0 amide bonds. The maximum absolute atomic E-state index is 9.66. The van der Waals surface area contributed by atoms with E-state index in [1.807, 2.05) is 54.2 Å². The lowest BCUT2D eigenvalue weighted by atomic mass is 9.99. The van der Waals surface area contributed by atoms with Crippen molar-refractivity contribution in [3.05, 3.63) is 78.1 Å². The molecular formula is C25H30N6O. The smallest absolute Gasteiger partial charge is 0.227 e. The van der Waals surface area contributed by atoms with Crippen molar-refractivity contribution in [1.29, 1.82) is 0 Å². The predicted molar refractivity (Wildman–Crippen MR) is 129 cm³/mol. The van der Waals surface area contributed by atoms with Gasteiger partial charge in [0.25, 0.3) is 0 Å². The van der Waals surface area contributed by atoms with Crippen molar-refractivity contribution in [2.24, 2.45) is 0 Å². The molecule has 166 valence electrons. The van der Waals surface area contributed by atoms with Crippen LogP contribution in [0.15, 0.2) is 67.0 Å². The van der Waals surface area contributed by atoms with Gasteiger partial charge in [-0.25, -0.2) is 4.98 Å². The maximum atomic E-state index is 9.66. The highest BCUT2D eigenvalue weighted by molar-refractivity contribution is 5.84. The molecule has 0 bridgehead atoms. The number of hydrogen-bond donors (Lipinski definition) is 3. The fourth-order valence-corrected chi connectivity index (χ4v) is 3.76. The van der Waals surface area contributed by atoms with Crippen molar-refractivity contribution >= 4 is 22.9 Å². The molecule has 3 N–H and O–H groups in total. The summed E-state index contributed by atoms with van der Waals surface area (Å²) in [5.41, 5.74) is 3.78. The predicted octanol–water partition coefficient (Wildman–Crippen LogP) is 4.62. The lowest BCUT2D eigenvalue weighted by Gasteiger charge is -2.22. The highest BCUT2D eigenvalue weighted by atomic mass is 16.3. The van der Waals surface area contributed by atoms with Crippen molar-refractivity contribution in [3.8, 4) is 0 Å². The number of nitrogens with one attached hydrogen (secondary N) is 2. The number of benzene rings is 2. The van der Waals surface area contributed by atoms with Gasteiger partial charge in [-0.3, -0.25) is 0 Å². The first-order chi connectivity index (χ1) is 15.7. The number of aliphatic hydroxyl groups excluding tert-OH is 1. The zero-order valence-corrected chi connectivity index (χ0v) is 18.6. The van der Waals surface area contributed by atoms with Crippen LogP contribution in [-0.2, 0) is 6.54 Å². The quantitative estimate of drug-likeness (QED) is 0.340. The number of aryl methyl sites for hydroxylation is 1. The topological polar surface area (TPSA) is 87.9 Å². The molecule has 0 saturated carbocycles. The van der Waals surface area contributed by atoms with Gasteiger partial charge in [-0.05, 0) is 24.0 Å². The average molecular weight is 431 g/mol. The third-order valence-electron chi connectivity index (χ3n) is 5.52. The molecule has 0 radical (unpaired) electrons. The number of rotatable bonds is 10. The first-order valence-corrected chi connectivity index (χ1v) is 11.2. The van der Waals surface area contributed by atoms with Crippen LogP contribution >= 0.6 is 0 Å². The van der Waals surface area contributed by atoms with Crippen LogP contribution in [0.1, 0.15) is 43.9 Å². The number of aliphatic hydroxyl groups is 1. The van der Waals surface area contributed by atoms with E-state index in [0.717, 1.165) is 41.7 Å². The number of anilines is 2. The molecule has 0 aliphatic carbocycles. The van der Waals surface area contributed by atoms with Crippen LogP contribution in [-0.4, -0.2) is 37.3 Å². The Hall–Kier alpha value is -3.45. The second-order valence-corrected chi connectivity index (χ2v) is 7.84. The second kappa shape index (κ2) is 10.2. The van der Waals surface area contributed by atoms with E-state index in [9.17, 15) is 5.11 Å². The molecular weight excluding hydrogens is 400 g/mol. The molecule has 0 saturated heterocycles. The largest absolute Gasteiger partial charge is 0.394 e. The molecule has 2 aromatic carbocycles. The molecule has 1 atom stereocenters. The maximum Gasteiger partial charge on any atom is 0.227 e. The number of nitrogens with zero attached hydrogens (tertiary/aromatic N) is 4. The summed E-state index contributed by atoms with van der Waals surface area (Å²) in [5.74, 6) is 1.15. The van der Waals surface area contributed by atoms with E-state index in [1.165, 1.54) is 0 Å². The number of fused-ring (bicyclic) bond motifs is 1. The minimum atomic E-state index is -0.109. The third-order valence-corrected chi connectivity index (χ3v) is 5.52. The third kappa shape index (κ3) is 4.73. The van der Waals surface area contributed by atoms with Gasteiger partial charge in [-0.15, -0.1) is 0 Å². The lowest BCUT2D eigenvalue weighted by Crippen LogP contribution is -2.24. The molecule has 0 aliphatic rings. The highest BCUT2D eigenvalue weighted by Gasteiger charge is 2.20. The van der Waals surface area contributed by atoms with Crippen LogP contribution in [0.5, 0.6) is 0 Å². The molecule has 0 unspecified atom stereocenters.